The third-order valence-electron chi connectivity index (χ3n) is 3.89. The van der Waals surface area contributed by atoms with Gasteiger partial charge in [-0.2, -0.15) is 0 Å². The molecule has 1 unspecified atom stereocenters. The first-order chi connectivity index (χ1) is 9.97. The number of nitrogens with zero attached hydrogens (tertiary/aromatic N) is 1. The van der Waals surface area contributed by atoms with Gasteiger partial charge in [-0.15, -0.1) is 0 Å². The van der Waals surface area contributed by atoms with Crippen LogP contribution in [0.25, 0.3) is 0 Å². The summed E-state index contributed by atoms with van der Waals surface area (Å²) in [6.45, 7) is 3.35. The van der Waals surface area contributed by atoms with Gasteiger partial charge in [0.15, 0.2) is 6.61 Å². The minimum atomic E-state index is -0.506. The Bertz CT molecular complexity index is 502. The van der Waals surface area contributed by atoms with Crippen molar-refractivity contribution >= 4 is 17.5 Å². The number of rotatable bonds is 4. The summed E-state index contributed by atoms with van der Waals surface area (Å²) in [5.74, 6) is 0.290. The number of benzene rings is 1. The third kappa shape index (κ3) is 4.32. The van der Waals surface area contributed by atoms with Crippen LogP contribution in [0.4, 0.5) is 4.39 Å². The van der Waals surface area contributed by atoms with Gasteiger partial charge in [-0.1, -0.05) is 11.6 Å². The molecule has 0 saturated carbocycles. The highest BCUT2D eigenvalue weighted by Gasteiger charge is 2.24. The van der Waals surface area contributed by atoms with Gasteiger partial charge in [-0.25, -0.2) is 4.39 Å². The Kier molecular flexibility index (Phi) is 5.42. The molecule has 0 aromatic heterocycles. The molecular weight excluding hydrogens is 295 g/mol. The summed E-state index contributed by atoms with van der Waals surface area (Å²) in [5.41, 5.74) is 5.88. The maximum atomic E-state index is 13.0. The molecule has 0 spiro atoms. The van der Waals surface area contributed by atoms with Crippen molar-refractivity contribution in [3.63, 3.8) is 0 Å². The number of carbonyl (C=O) groups is 1. The number of halogens is 2. The second-order valence-corrected chi connectivity index (χ2v) is 5.85. The average Bonchev–Trinajstić information content (AvgIpc) is 2.48. The topological polar surface area (TPSA) is 55.6 Å². The van der Waals surface area contributed by atoms with E-state index in [0.29, 0.717) is 24.8 Å². The van der Waals surface area contributed by atoms with Gasteiger partial charge >= 0.3 is 0 Å². The van der Waals surface area contributed by atoms with Crippen molar-refractivity contribution in [1.82, 2.24) is 4.90 Å². The molecule has 4 nitrogen and oxygen atoms in total. The van der Waals surface area contributed by atoms with Crippen LogP contribution in [-0.4, -0.2) is 36.5 Å². The minimum absolute atomic E-state index is 0.0160. The predicted molar refractivity (Wildman–Crippen MR) is 79.9 cm³/mol. The largest absolute Gasteiger partial charge is 0.484 e. The van der Waals surface area contributed by atoms with Crippen LogP contribution in [0.2, 0.25) is 5.02 Å². The van der Waals surface area contributed by atoms with E-state index in [-0.39, 0.29) is 23.6 Å². The standard InChI is InChI=1S/C15H20ClFN2O2/c1-10(18)11-4-6-19(7-5-11)15(20)9-21-12-2-3-14(17)13(16)8-12/h2-3,8,10-11H,4-7,9,18H2,1H3. The monoisotopic (exact) mass is 314 g/mol. The summed E-state index contributed by atoms with van der Waals surface area (Å²) in [7, 11) is 0. The first kappa shape index (κ1) is 16.0. The average molecular weight is 315 g/mol. The van der Waals surface area contributed by atoms with Crippen LogP contribution < -0.4 is 10.5 Å². The molecule has 0 aliphatic carbocycles. The van der Waals surface area contributed by atoms with Crippen molar-refractivity contribution in [2.75, 3.05) is 19.7 Å². The molecule has 1 saturated heterocycles. The van der Waals surface area contributed by atoms with Crippen molar-refractivity contribution < 1.29 is 13.9 Å². The molecule has 1 aliphatic rings. The molecule has 6 heteroatoms. The van der Waals surface area contributed by atoms with Crippen molar-refractivity contribution in [3.8, 4) is 5.75 Å². The Morgan fingerprint density at radius 3 is 2.76 bits per heavy atom. The fourth-order valence-corrected chi connectivity index (χ4v) is 2.65. The second kappa shape index (κ2) is 7.09. The van der Waals surface area contributed by atoms with E-state index in [0.717, 1.165) is 12.8 Å². The molecule has 1 atom stereocenters. The molecule has 0 bridgehead atoms. The van der Waals surface area contributed by atoms with Gasteiger partial charge < -0.3 is 15.4 Å². The second-order valence-electron chi connectivity index (χ2n) is 5.44. The van der Waals surface area contributed by atoms with Gasteiger partial charge in [-0.3, -0.25) is 4.79 Å². The van der Waals surface area contributed by atoms with E-state index >= 15 is 0 Å². The number of ether oxygens (including phenoxy) is 1. The molecule has 1 amide bonds. The molecule has 0 radical (unpaired) electrons. The minimum Gasteiger partial charge on any atom is -0.484 e. The summed E-state index contributed by atoms with van der Waals surface area (Å²) < 4.78 is 18.4. The number of hydrogen-bond acceptors (Lipinski definition) is 3. The van der Waals surface area contributed by atoms with Gasteiger partial charge in [0.05, 0.1) is 5.02 Å². The summed E-state index contributed by atoms with van der Waals surface area (Å²) in [4.78, 5) is 13.8. The predicted octanol–water partition coefficient (Wildman–Crippen LogP) is 2.44. The highest BCUT2D eigenvalue weighted by molar-refractivity contribution is 6.30. The van der Waals surface area contributed by atoms with E-state index in [1.807, 2.05) is 6.92 Å². The molecule has 1 aliphatic heterocycles. The zero-order valence-electron chi connectivity index (χ0n) is 12.0. The number of carbonyl (C=O) groups excluding carboxylic acids is 1. The molecule has 2 rings (SSSR count). The summed E-state index contributed by atoms with van der Waals surface area (Å²) in [6.07, 6.45) is 1.84. The van der Waals surface area contributed by atoms with Crippen LogP contribution >= 0.6 is 11.6 Å². The van der Waals surface area contributed by atoms with Crippen molar-refractivity contribution in [1.29, 1.82) is 0 Å². The lowest BCUT2D eigenvalue weighted by Gasteiger charge is -2.33. The van der Waals surface area contributed by atoms with Gasteiger partial charge in [-0.05, 0) is 37.8 Å². The zero-order valence-corrected chi connectivity index (χ0v) is 12.8. The smallest absolute Gasteiger partial charge is 0.260 e. The molecular formula is C15H20ClFN2O2. The molecule has 1 aromatic carbocycles. The highest BCUT2D eigenvalue weighted by Crippen LogP contribution is 2.22. The van der Waals surface area contributed by atoms with Gasteiger partial charge in [0.25, 0.3) is 5.91 Å². The van der Waals surface area contributed by atoms with E-state index in [1.165, 1.54) is 18.2 Å². The van der Waals surface area contributed by atoms with Crippen LogP contribution in [0.1, 0.15) is 19.8 Å². The zero-order chi connectivity index (χ0) is 15.4. The molecule has 1 heterocycles. The summed E-state index contributed by atoms with van der Waals surface area (Å²) in [5, 5.41) is -0.0160. The fraction of sp³-hybridized carbons (Fsp3) is 0.533. The number of piperidine rings is 1. The maximum absolute atomic E-state index is 13.0. The van der Waals surface area contributed by atoms with E-state index < -0.39 is 5.82 Å². The Morgan fingerprint density at radius 1 is 1.52 bits per heavy atom. The van der Waals surface area contributed by atoms with Gasteiger partial charge in [0, 0.05) is 25.2 Å². The van der Waals surface area contributed by atoms with Crippen LogP contribution in [-0.2, 0) is 4.79 Å². The van der Waals surface area contributed by atoms with Crippen LogP contribution in [0.3, 0.4) is 0 Å². The SMILES string of the molecule is CC(N)C1CCN(C(=O)COc2ccc(F)c(Cl)c2)CC1. The number of likely N-dealkylation sites (tertiary alicyclic amines) is 1. The van der Waals surface area contributed by atoms with Crippen molar-refractivity contribution in [2.24, 2.45) is 11.7 Å². The molecule has 116 valence electrons. The lowest BCUT2D eigenvalue weighted by molar-refractivity contribution is -0.134. The first-order valence-corrected chi connectivity index (χ1v) is 7.46. The van der Waals surface area contributed by atoms with Crippen LogP contribution in [0.5, 0.6) is 5.75 Å². The fourth-order valence-electron chi connectivity index (χ4n) is 2.48. The third-order valence-corrected chi connectivity index (χ3v) is 4.18. The Balaban J connectivity index is 1.81. The molecule has 2 N–H and O–H groups in total. The van der Waals surface area contributed by atoms with E-state index in [4.69, 9.17) is 22.1 Å². The van der Waals surface area contributed by atoms with E-state index in [1.54, 1.807) is 4.90 Å². The lowest BCUT2D eigenvalue weighted by Crippen LogP contribution is -2.44. The normalized spacial score (nSPS) is 17.6. The first-order valence-electron chi connectivity index (χ1n) is 7.08. The van der Waals surface area contributed by atoms with Crippen molar-refractivity contribution in [2.45, 2.75) is 25.8 Å². The molecule has 1 fully saturated rings. The van der Waals surface area contributed by atoms with E-state index in [9.17, 15) is 9.18 Å². The highest BCUT2D eigenvalue weighted by atomic mass is 35.5. The summed E-state index contributed by atoms with van der Waals surface area (Å²) in [6, 6.07) is 4.21. The van der Waals surface area contributed by atoms with Crippen LogP contribution in [0.15, 0.2) is 18.2 Å². The van der Waals surface area contributed by atoms with Gasteiger partial charge in [0.2, 0.25) is 0 Å². The Hall–Kier alpha value is -1.33. The maximum Gasteiger partial charge on any atom is 0.260 e. The molecule has 21 heavy (non-hydrogen) atoms. The molecule has 1 aromatic rings. The van der Waals surface area contributed by atoms with Gasteiger partial charge in [0.1, 0.15) is 11.6 Å². The number of amides is 1. The van der Waals surface area contributed by atoms with Crippen molar-refractivity contribution in [3.05, 3.63) is 29.0 Å². The quantitative estimate of drug-likeness (QED) is 0.928. The lowest BCUT2D eigenvalue weighted by atomic mass is 9.91. The number of hydrogen-bond donors (Lipinski definition) is 1. The summed E-state index contributed by atoms with van der Waals surface area (Å²) >= 11 is 5.66. The van der Waals surface area contributed by atoms with Crippen LogP contribution in [0, 0.1) is 11.7 Å². The van der Waals surface area contributed by atoms with E-state index in [2.05, 4.69) is 0 Å². The number of nitrogens with two attached hydrogens (primary N) is 1. The Morgan fingerprint density at radius 2 is 2.19 bits per heavy atom. The Labute approximate surface area is 129 Å².